The van der Waals surface area contributed by atoms with Crippen LogP contribution in [0.1, 0.15) is 5.56 Å². The molecule has 0 spiro atoms. The molecule has 0 saturated carbocycles. The zero-order chi connectivity index (χ0) is 15.4. The molecule has 0 aliphatic rings. The lowest BCUT2D eigenvalue weighted by Gasteiger charge is -2.12. The number of ether oxygens (including phenoxy) is 2. The molecule has 2 N–H and O–H groups in total. The first kappa shape index (κ1) is 15.3. The van der Waals surface area contributed by atoms with Crippen molar-refractivity contribution in [3.63, 3.8) is 0 Å². The predicted molar refractivity (Wildman–Crippen MR) is 73.5 cm³/mol. The largest absolute Gasteiger partial charge is 0.497 e. The van der Waals surface area contributed by atoms with Gasteiger partial charge in [0, 0.05) is 17.1 Å². The summed E-state index contributed by atoms with van der Waals surface area (Å²) in [7, 11) is -0.449. The second kappa shape index (κ2) is 6.56. The Morgan fingerprint density at radius 1 is 1.10 bits per heavy atom. The number of hydrogen-bond donors (Lipinski definition) is 2. The first-order valence-corrected chi connectivity index (χ1v) is 6.12. The molecule has 110 valence electrons. The van der Waals surface area contributed by atoms with Gasteiger partial charge < -0.3 is 19.5 Å². The minimum Gasteiger partial charge on any atom is -0.497 e. The molecule has 0 heterocycles. The zero-order valence-corrected chi connectivity index (χ0v) is 11.2. The van der Waals surface area contributed by atoms with Gasteiger partial charge in [-0.2, -0.15) is 0 Å². The molecule has 0 radical (unpaired) electrons. The number of halogens is 2. The van der Waals surface area contributed by atoms with E-state index in [-0.39, 0.29) is 23.4 Å². The van der Waals surface area contributed by atoms with Gasteiger partial charge in [-0.05, 0) is 30.3 Å². The monoisotopic (exact) mass is 294 g/mol. The van der Waals surface area contributed by atoms with Crippen molar-refractivity contribution in [3.8, 4) is 11.5 Å². The Hall–Kier alpha value is -2.12. The summed E-state index contributed by atoms with van der Waals surface area (Å²) in [5.74, 6) is -0.685. The minimum absolute atomic E-state index is 0.0709. The molecule has 0 aliphatic carbocycles. The summed E-state index contributed by atoms with van der Waals surface area (Å²) >= 11 is 0. The first-order chi connectivity index (χ1) is 10.0. The molecule has 2 aromatic rings. The van der Waals surface area contributed by atoms with Gasteiger partial charge in [0.25, 0.3) is 0 Å². The van der Waals surface area contributed by atoms with Crippen LogP contribution >= 0.6 is 0 Å². The highest BCUT2D eigenvalue weighted by molar-refractivity contribution is 6.59. The summed E-state index contributed by atoms with van der Waals surface area (Å²) in [5, 5.41) is 18.3. The maximum absolute atomic E-state index is 13.7. The van der Waals surface area contributed by atoms with Gasteiger partial charge in [0.2, 0.25) is 0 Å². The van der Waals surface area contributed by atoms with Crippen molar-refractivity contribution in [3.05, 3.63) is 53.6 Å². The maximum atomic E-state index is 13.7. The van der Waals surface area contributed by atoms with E-state index in [0.29, 0.717) is 5.75 Å². The first-order valence-electron chi connectivity index (χ1n) is 6.12. The van der Waals surface area contributed by atoms with E-state index in [1.807, 2.05) is 0 Å². The van der Waals surface area contributed by atoms with Gasteiger partial charge in [0.1, 0.15) is 29.7 Å². The Labute approximate surface area is 120 Å². The van der Waals surface area contributed by atoms with Crippen LogP contribution in [0.25, 0.3) is 0 Å². The SMILES string of the molecule is COc1ccc(COc2ccc(F)cc2B(O)O)c(F)c1. The molecule has 0 bridgehead atoms. The molecule has 7 heteroatoms. The standard InChI is InChI=1S/C14H13BF2O4/c1-20-11-4-2-9(13(17)7-11)8-21-14-5-3-10(16)6-12(14)15(18)19/h2-7,18-19H,8H2,1H3. The molecule has 0 atom stereocenters. The van der Waals surface area contributed by atoms with Crippen molar-refractivity contribution in [2.75, 3.05) is 7.11 Å². The van der Waals surface area contributed by atoms with E-state index < -0.39 is 18.8 Å². The molecular formula is C14H13BF2O4. The van der Waals surface area contributed by atoms with E-state index in [1.54, 1.807) is 6.07 Å². The van der Waals surface area contributed by atoms with Gasteiger partial charge >= 0.3 is 7.12 Å². The molecule has 0 amide bonds. The number of methoxy groups -OCH3 is 1. The highest BCUT2D eigenvalue weighted by atomic mass is 19.1. The van der Waals surface area contributed by atoms with Crippen molar-refractivity contribution >= 4 is 12.6 Å². The Morgan fingerprint density at radius 3 is 2.48 bits per heavy atom. The third-order valence-electron chi connectivity index (χ3n) is 2.89. The van der Waals surface area contributed by atoms with Crippen molar-refractivity contribution in [2.24, 2.45) is 0 Å². The van der Waals surface area contributed by atoms with Crippen LogP contribution in [0.4, 0.5) is 8.78 Å². The van der Waals surface area contributed by atoms with Crippen LogP contribution in [0.15, 0.2) is 36.4 Å². The topological polar surface area (TPSA) is 58.9 Å². The Morgan fingerprint density at radius 2 is 1.86 bits per heavy atom. The van der Waals surface area contributed by atoms with Gasteiger partial charge in [-0.25, -0.2) is 8.78 Å². The van der Waals surface area contributed by atoms with Gasteiger partial charge in [-0.3, -0.25) is 0 Å². The molecule has 4 nitrogen and oxygen atoms in total. The third kappa shape index (κ3) is 3.71. The van der Waals surface area contributed by atoms with Gasteiger partial charge in [-0.1, -0.05) is 0 Å². The lowest BCUT2D eigenvalue weighted by Crippen LogP contribution is -2.31. The fourth-order valence-corrected chi connectivity index (χ4v) is 1.78. The molecule has 0 aliphatic heterocycles. The smallest absolute Gasteiger partial charge is 0.492 e. The molecule has 2 aromatic carbocycles. The lowest BCUT2D eigenvalue weighted by molar-refractivity contribution is 0.299. The summed E-state index contributed by atoms with van der Waals surface area (Å²) in [5.41, 5.74) is 0.141. The second-order valence-electron chi connectivity index (χ2n) is 4.30. The molecule has 0 unspecified atom stereocenters. The summed E-state index contributed by atoms with van der Waals surface area (Å²) in [4.78, 5) is 0. The van der Waals surface area contributed by atoms with E-state index >= 15 is 0 Å². The van der Waals surface area contributed by atoms with Crippen LogP contribution < -0.4 is 14.9 Å². The molecule has 0 aromatic heterocycles. The van der Waals surface area contributed by atoms with Crippen LogP contribution in [0, 0.1) is 11.6 Å². The average Bonchev–Trinajstić information content (AvgIpc) is 2.46. The highest BCUT2D eigenvalue weighted by Crippen LogP contribution is 2.18. The maximum Gasteiger partial charge on any atom is 0.492 e. The fourth-order valence-electron chi connectivity index (χ4n) is 1.78. The lowest BCUT2D eigenvalue weighted by atomic mass is 9.79. The second-order valence-corrected chi connectivity index (χ2v) is 4.30. The average molecular weight is 294 g/mol. The highest BCUT2D eigenvalue weighted by Gasteiger charge is 2.18. The van der Waals surface area contributed by atoms with Gasteiger partial charge in [-0.15, -0.1) is 0 Å². The van der Waals surface area contributed by atoms with Gasteiger partial charge in [0.05, 0.1) is 7.11 Å². The molecule has 0 saturated heterocycles. The summed E-state index contributed by atoms with van der Waals surface area (Å²) in [6, 6.07) is 7.60. The summed E-state index contributed by atoms with van der Waals surface area (Å²) in [6.07, 6.45) is 0. The van der Waals surface area contributed by atoms with E-state index in [0.717, 1.165) is 12.1 Å². The van der Waals surface area contributed by atoms with Crippen molar-refractivity contribution < 1.29 is 28.3 Å². The van der Waals surface area contributed by atoms with E-state index in [2.05, 4.69) is 0 Å². The van der Waals surface area contributed by atoms with Crippen LogP contribution in [-0.4, -0.2) is 24.3 Å². The number of hydrogen-bond acceptors (Lipinski definition) is 4. The molecule has 2 rings (SSSR count). The Bertz CT molecular complexity index is 634. The van der Waals surface area contributed by atoms with Crippen LogP contribution in [0.3, 0.4) is 0 Å². The Balaban J connectivity index is 2.16. The van der Waals surface area contributed by atoms with E-state index in [4.69, 9.17) is 19.5 Å². The van der Waals surface area contributed by atoms with Crippen molar-refractivity contribution in [1.82, 2.24) is 0 Å². The molecule has 21 heavy (non-hydrogen) atoms. The van der Waals surface area contributed by atoms with Crippen LogP contribution in [0.2, 0.25) is 0 Å². The number of rotatable bonds is 5. The quantitative estimate of drug-likeness (QED) is 0.814. The number of benzene rings is 2. The van der Waals surface area contributed by atoms with Crippen LogP contribution in [0.5, 0.6) is 11.5 Å². The Kier molecular flexibility index (Phi) is 4.77. The molecule has 0 fully saturated rings. The van der Waals surface area contributed by atoms with E-state index in [9.17, 15) is 8.78 Å². The van der Waals surface area contributed by atoms with E-state index in [1.165, 1.54) is 25.3 Å². The normalized spacial score (nSPS) is 10.3. The predicted octanol–water partition coefficient (Wildman–Crippen LogP) is 1.23. The summed E-state index contributed by atoms with van der Waals surface area (Å²) in [6.45, 7) is -0.138. The minimum atomic E-state index is -1.88. The van der Waals surface area contributed by atoms with Crippen molar-refractivity contribution in [1.29, 1.82) is 0 Å². The van der Waals surface area contributed by atoms with Crippen LogP contribution in [-0.2, 0) is 6.61 Å². The molecular weight excluding hydrogens is 281 g/mol. The fraction of sp³-hybridized carbons (Fsp3) is 0.143. The third-order valence-corrected chi connectivity index (χ3v) is 2.89. The van der Waals surface area contributed by atoms with Crippen molar-refractivity contribution in [2.45, 2.75) is 6.61 Å². The van der Waals surface area contributed by atoms with Gasteiger partial charge in [0.15, 0.2) is 0 Å². The summed E-state index contributed by atoms with van der Waals surface area (Å²) < 4.78 is 37.0. The zero-order valence-electron chi connectivity index (χ0n) is 11.2.